The van der Waals surface area contributed by atoms with Crippen LogP contribution in [-0.2, 0) is 22.5 Å². The highest BCUT2D eigenvalue weighted by atomic mass is 16.5. The molecule has 1 aliphatic rings. The van der Waals surface area contributed by atoms with Gasteiger partial charge in [-0.1, -0.05) is 24.3 Å². The quantitative estimate of drug-likeness (QED) is 0.918. The third-order valence-electron chi connectivity index (χ3n) is 4.29. The van der Waals surface area contributed by atoms with Crippen LogP contribution in [0.3, 0.4) is 0 Å². The molecular formula is C19H23N3O2. The molecule has 1 amide bonds. The molecule has 1 unspecified atom stereocenters. The van der Waals surface area contributed by atoms with Crippen LogP contribution < -0.4 is 5.32 Å². The molecule has 1 aromatic carbocycles. The monoisotopic (exact) mass is 325 g/mol. The molecule has 5 heteroatoms. The first-order valence-corrected chi connectivity index (χ1v) is 8.46. The number of nitrogens with zero attached hydrogens (tertiary/aromatic N) is 2. The van der Waals surface area contributed by atoms with Gasteiger partial charge in [0.05, 0.1) is 6.42 Å². The second-order valence-electron chi connectivity index (χ2n) is 6.18. The minimum Gasteiger partial charge on any atom is -0.370 e. The smallest absolute Gasteiger partial charge is 0.224 e. The average molecular weight is 325 g/mol. The zero-order valence-corrected chi connectivity index (χ0v) is 14.0. The Morgan fingerprint density at radius 3 is 2.75 bits per heavy atom. The van der Waals surface area contributed by atoms with Crippen LogP contribution in [0, 0.1) is 6.92 Å². The molecule has 1 aromatic heterocycles. The highest BCUT2D eigenvalue weighted by Gasteiger charge is 2.18. The van der Waals surface area contributed by atoms with Gasteiger partial charge in [-0.05, 0) is 37.3 Å². The lowest BCUT2D eigenvalue weighted by Crippen LogP contribution is -2.25. The van der Waals surface area contributed by atoms with Gasteiger partial charge in [-0.3, -0.25) is 4.79 Å². The van der Waals surface area contributed by atoms with Gasteiger partial charge in [-0.25, -0.2) is 9.97 Å². The number of aromatic nitrogens is 2. The third kappa shape index (κ3) is 4.38. The van der Waals surface area contributed by atoms with E-state index >= 15 is 0 Å². The van der Waals surface area contributed by atoms with Crippen molar-refractivity contribution < 1.29 is 9.53 Å². The predicted octanol–water partition coefficient (Wildman–Crippen LogP) is 2.89. The number of carbonyl (C=O) groups excluding carboxylic acids is 1. The lowest BCUT2D eigenvalue weighted by Gasteiger charge is -2.21. The second-order valence-corrected chi connectivity index (χ2v) is 6.18. The number of hydrogen-bond acceptors (Lipinski definition) is 4. The van der Waals surface area contributed by atoms with Crippen LogP contribution >= 0.6 is 0 Å². The lowest BCUT2D eigenvalue weighted by atomic mass is 10.1. The van der Waals surface area contributed by atoms with Gasteiger partial charge < -0.3 is 10.1 Å². The Labute approximate surface area is 142 Å². The van der Waals surface area contributed by atoms with E-state index in [1.54, 1.807) is 12.4 Å². The van der Waals surface area contributed by atoms with Crippen molar-refractivity contribution in [1.29, 1.82) is 0 Å². The number of aryl methyl sites for hydroxylation is 1. The minimum absolute atomic E-state index is 0.00369. The Bertz CT molecular complexity index is 679. The number of benzene rings is 1. The fraction of sp³-hybridized carbons (Fsp3) is 0.421. The molecule has 0 bridgehead atoms. The van der Waals surface area contributed by atoms with E-state index in [9.17, 15) is 4.79 Å². The van der Waals surface area contributed by atoms with E-state index in [-0.39, 0.29) is 12.0 Å². The van der Waals surface area contributed by atoms with Crippen LogP contribution in [0.25, 0.3) is 0 Å². The summed E-state index contributed by atoms with van der Waals surface area (Å²) >= 11 is 0. The fourth-order valence-electron chi connectivity index (χ4n) is 2.81. The molecule has 0 aliphatic carbocycles. The molecule has 1 N–H and O–H groups in total. The van der Waals surface area contributed by atoms with E-state index in [1.807, 2.05) is 31.2 Å². The molecule has 0 saturated carbocycles. The van der Waals surface area contributed by atoms with Crippen molar-refractivity contribution in [1.82, 2.24) is 15.3 Å². The van der Waals surface area contributed by atoms with E-state index in [1.165, 1.54) is 0 Å². The summed E-state index contributed by atoms with van der Waals surface area (Å²) < 4.78 is 5.68. The Balaban J connectivity index is 1.51. The molecule has 126 valence electrons. The Kier molecular flexibility index (Phi) is 5.54. The van der Waals surface area contributed by atoms with Gasteiger partial charge in [0, 0.05) is 31.1 Å². The molecular weight excluding hydrogens is 302 g/mol. The third-order valence-corrected chi connectivity index (χ3v) is 4.29. The molecule has 1 saturated heterocycles. The Morgan fingerprint density at radius 1 is 1.25 bits per heavy atom. The number of nitrogens with one attached hydrogen (secondary N) is 1. The van der Waals surface area contributed by atoms with Crippen LogP contribution in [0.2, 0.25) is 0 Å². The SMILES string of the molecule is Cc1ccccc1CC(=O)NCc1cnc(C2CCCCO2)nc1. The van der Waals surface area contributed by atoms with E-state index in [0.717, 1.165) is 48.4 Å². The van der Waals surface area contributed by atoms with Crippen LogP contribution in [0.5, 0.6) is 0 Å². The number of rotatable bonds is 5. The second kappa shape index (κ2) is 8.02. The summed E-state index contributed by atoms with van der Waals surface area (Å²) in [6.45, 7) is 3.24. The summed E-state index contributed by atoms with van der Waals surface area (Å²) in [6, 6.07) is 7.93. The summed E-state index contributed by atoms with van der Waals surface area (Å²) in [5, 5.41) is 2.92. The van der Waals surface area contributed by atoms with E-state index in [2.05, 4.69) is 15.3 Å². The van der Waals surface area contributed by atoms with Crippen LogP contribution in [-0.4, -0.2) is 22.5 Å². The highest BCUT2D eigenvalue weighted by Crippen LogP contribution is 2.24. The van der Waals surface area contributed by atoms with Crippen LogP contribution in [0.1, 0.15) is 47.9 Å². The van der Waals surface area contributed by atoms with Gasteiger partial charge in [0.15, 0.2) is 5.82 Å². The van der Waals surface area contributed by atoms with Crippen molar-refractivity contribution >= 4 is 5.91 Å². The minimum atomic E-state index is 0.00369. The maximum absolute atomic E-state index is 12.1. The first-order valence-electron chi connectivity index (χ1n) is 8.46. The van der Waals surface area contributed by atoms with Gasteiger partial charge in [-0.15, -0.1) is 0 Å². The van der Waals surface area contributed by atoms with Crippen LogP contribution in [0.4, 0.5) is 0 Å². The van der Waals surface area contributed by atoms with Gasteiger partial charge >= 0.3 is 0 Å². The van der Waals surface area contributed by atoms with Gasteiger partial charge in [-0.2, -0.15) is 0 Å². The molecule has 0 radical (unpaired) electrons. The summed E-state index contributed by atoms with van der Waals surface area (Å²) in [5.74, 6) is 0.744. The molecule has 0 spiro atoms. The van der Waals surface area contributed by atoms with Crippen molar-refractivity contribution in [2.24, 2.45) is 0 Å². The molecule has 1 fully saturated rings. The maximum Gasteiger partial charge on any atom is 0.224 e. The maximum atomic E-state index is 12.1. The Morgan fingerprint density at radius 2 is 2.04 bits per heavy atom. The zero-order chi connectivity index (χ0) is 16.8. The molecule has 1 aliphatic heterocycles. The summed E-state index contributed by atoms with van der Waals surface area (Å²) in [7, 11) is 0. The van der Waals surface area contributed by atoms with Gasteiger partial charge in [0.1, 0.15) is 6.10 Å². The molecule has 1 atom stereocenters. The van der Waals surface area contributed by atoms with Crippen molar-refractivity contribution in [3.05, 3.63) is 59.2 Å². The summed E-state index contributed by atoms with van der Waals surface area (Å²) in [5.41, 5.74) is 3.08. The molecule has 3 rings (SSSR count). The van der Waals surface area contributed by atoms with Crippen molar-refractivity contribution in [3.8, 4) is 0 Å². The Hall–Kier alpha value is -2.27. The van der Waals surface area contributed by atoms with Gasteiger partial charge in [0.25, 0.3) is 0 Å². The number of amides is 1. The fourth-order valence-corrected chi connectivity index (χ4v) is 2.81. The molecule has 24 heavy (non-hydrogen) atoms. The largest absolute Gasteiger partial charge is 0.370 e. The first-order chi connectivity index (χ1) is 11.7. The first kappa shape index (κ1) is 16.6. The van der Waals surface area contributed by atoms with Gasteiger partial charge in [0.2, 0.25) is 5.91 Å². The highest BCUT2D eigenvalue weighted by molar-refractivity contribution is 5.78. The van der Waals surface area contributed by atoms with E-state index in [0.29, 0.717) is 13.0 Å². The van der Waals surface area contributed by atoms with E-state index in [4.69, 9.17) is 4.74 Å². The van der Waals surface area contributed by atoms with Crippen molar-refractivity contribution in [3.63, 3.8) is 0 Å². The number of carbonyl (C=O) groups is 1. The topological polar surface area (TPSA) is 64.1 Å². The lowest BCUT2D eigenvalue weighted by molar-refractivity contribution is -0.120. The molecule has 5 nitrogen and oxygen atoms in total. The normalized spacial score (nSPS) is 17.5. The molecule has 2 heterocycles. The number of ether oxygens (including phenoxy) is 1. The summed E-state index contributed by atoms with van der Waals surface area (Å²) in [4.78, 5) is 20.9. The van der Waals surface area contributed by atoms with Crippen LogP contribution in [0.15, 0.2) is 36.7 Å². The average Bonchev–Trinajstić information content (AvgIpc) is 2.63. The van der Waals surface area contributed by atoms with Crippen molar-refractivity contribution in [2.75, 3.05) is 6.61 Å². The predicted molar refractivity (Wildman–Crippen MR) is 91.3 cm³/mol. The standard InChI is InChI=1S/C19H23N3O2/c1-14-6-2-3-7-16(14)10-18(23)20-11-15-12-21-19(22-13-15)17-8-4-5-9-24-17/h2-3,6-7,12-13,17H,4-5,8-11H2,1H3,(H,20,23). The van der Waals surface area contributed by atoms with Crippen molar-refractivity contribution in [2.45, 2.75) is 45.3 Å². The summed E-state index contributed by atoms with van der Waals surface area (Å²) in [6.07, 6.45) is 7.20. The number of hydrogen-bond donors (Lipinski definition) is 1. The zero-order valence-electron chi connectivity index (χ0n) is 14.0. The molecule has 2 aromatic rings. The van der Waals surface area contributed by atoms with E-state index < -0.39 is 0 Å².